The number of nitrogens with one attached hydrogen (secondary N) is 1. The van der Waals surface area contributed by atoms with Gasteiger partial charge in [0, 0.05) is 0 Å². The van der Waals surface area contributed by atoms with Gasteiger partial charge in [0.2, 0.25) is 5.91 Å². The maximum Gasteiger partial charge on any atom is 0.249 e. The normalized spacial score (nSPS) is 22.6. The van der Waals surface area contributed by atoms with Crippen molar-refractivity contribution >= 4 is 5.91 Å². The molecule has 322 valence electrons. The average molecular weight is 776 g/mol. The SMILES string of the molecule is CCCCCCCCCCCCCCCCCCCCCC(O)C(O)C(COC1OC(CO)C(O)C(O)C1O)NC(=O)C(O)CCCCCCCCCC. The van der Waals surface area contributed by atoms with Crippen LogP contribution in [0.25, 0.3) is 0 Å². The zero-order chi connectivity index (χ0) is 39.8. The van der Waals surface area contributed by atoms with Gasteiger partial charge in [-0.25, -0.2) is 0 Å². The lowest BCUT2D eigenvalue weighted by atomic mass is 9.98. The Bertz CT molecular complexity index is 851. The van der Waals surface area contributed by atoms with E-state index in [1.54, 1.807) is 0 Å². The molecular formula is C43H85NO10. The third-order valence-electron chi connectivity index (χ3n) is 11.2. The molecule has 1 heterocycles. The highest BCUT2D eigenvalue weighted by Gasteiger charge is 2.44. The predicted molar refractivity (Wildman–Crippen MR) is 215 cm³/mol. The second kappa shape index (κ2) is 34.2. The molecular weight excluding hydrogens is 690 g/mol. The summed E-state index contributed by atoms with van der Waals surface area (Å²) in [7, 11) is 0. The highest BCUT2D eigenvalue weighted by atomic mass is 16.7. The van der Waals surface area contributed by atoms with Gasteiger partial charge in [-0.1, -0.05) is 187 Å². The van der Waals surface area contributed by atoms with E-state index in [0.717, 1.165) is 38.5 Å². The standard InChI is InChI=1S/C43H85NO10/c1-3-5-7-9-11-13-14-15-16-17-18-19-20-21-22-23-25-26-28-30-35(46)38(48)34(33-53-43-41(51)40(50)39(49)37(32-45)54-43)44-42(52)36(47)31-29-27-24-12-10-8-6-4-2/h34-41,43,45-51H,3-33H2,1-2H3,(H,44,52). The lowest BCUT2D eigenvalue weighted by molar-refractivity contribution is -0.303. The van der Waals surface area contributed by atoms with Crippen molar-refractivity contribution in [1.29, 1.82) is 0 Å². The summed E-state index contributed by atoms with van der Waals surface area (Å²) in [6, 6.07) is -1.16. The Morgan fingerprint density at radius 1 is 0.574 bits per heavy atom. The molecule has 0 spiro atoms. The average Bonchev–Trinajstić information content (AvgIpc) is 3.17. The third-order valence-corrected chi connectivity index (χ3v) is 11.2. The first-order chi connectivity index (χ1) is 26.2. The number of carbonyl (C=O) groups is 1. The van der Waals surface area contributed by atoms with Crippen molar-refractivity contribution in [2.75, 3.05) is 13.2 Å². The van der Waals surface area contributed by atoms with Gasteiger partial charge < -0.3 is 50.5 Å². The lowest BCUT2D eigenvalue weighted by Gasteiger charge is -2.40. The fourth-order valence-corrected chi connectivity index (χ4v) is 7.38. The van der Waals surface area contributed by atoms with E-state index >= 15 is 0 Å². The van der Waals surface area contributed by atoms with E-state index in [9.17, 15) is 40.5 Å². The molecule has 0 aromatic heterocycles. The summed E-state index contributed by atoms with van der Waals surface area (Å²) >= 11 is 0. The van der Waals surface area contributed by atoms with Gasteiger partial charge in [0.1, 0.15) is 36.6 Å². The fraction of sp³-hybridized carbons (Fsp3) is 0.977. The Balaban J connectivity index is 2.40. The van der Waals surface area contributed by atoms with Crippen LogP contribution >= 0.6 is 0 Å². The predicted octanol–water partition coefficient (Wildman–Crippen LogP) is 6.72. The maximum absolute atomic E-state index is 13.0. The quantitative estimate of drug-likeness (QED) is 0.0315. The molecule has 11 heteroatoms. The highest BCUT2D eigenvalue weighted by Crippen LogP contribution is 2.23. The molecule has 0 aliphatic carbocycles. The number of rotatable bonds is 37. The van der Waals surface area contributed by atoms with Gasteiger partial charge in [0.25, 0.3) is 0 Å². The summed E-state index contributed by atoms with van der Waals surface area (Å²) in [5.41, 5.74) is 0. The van der Waals surface area contributed by atoms with Gasteiger partial charge in [-0.2, -0.15) is 0 Å². The Hall–Kier alpha value is -0.890. The summed E-state index contributed by atoms with van der Waals surface area (Å²) in [6.45, 7) is 3.40. The lowest BCUT2D eigenvalue weighted by Crippen LogP contribution is -2.60. The molecule has 9 unspecified atom stereocenters. The number of aliphatic hydroxyl groups excluding tert-OH is 7. The van der Waals surface area contributed by atoms with E-state index in [2.05, 4.69) is 19.2 Å². The molecule has 9 atom stereocenters. The van der Waals surface area contributed by atoms with E-state index in [1.165, 1.54) is 122 Å². The molecule has 1 fully saturated rings. The van der Waals surface area contributed by atoms with E-state index in [4.69, 9.17) is 9.47 Å². The molecule has 1 saturated heterocycles. The maximum atomic E-state index is 13.0. The molecule has 1 aliphatic rings. The highest BCUT2D eigenvalue weighted by molar-refractivity contribution is 5.80. The van der Waals surface area contributed by atoms with Crippen LogP contribution in [0.4, 0.5) is 0 Å². The summed E-state index contributed by atoms with van der Waals surface area (Å²) in [6.07, 6.45) is 21.7. The van der Waals surface area contributed by atoms with Crippen LogP contribution in [0.1, 0.15) is 200 Å². The van der Waals surface area contributed by atoms with Crippen molar-refractivity contribution in [1.82, 2.24) is 5.32 Å². The van der Waals surface area contributed by atoms with Gasteiger partial charge in [0.15, 0.2) is 6.29 Å². The van der Waals surface area contributed by atoms with E-state index < -0.39 is 74.2 Å². The van der Waals surface area contributed by atoms with Gasteiger partial charge in [-0.05, 0) is 12.8 Å². The Morgan fingerprint density at radius 3 is 1.37 bits per heavy atom. The fourth-order valence-electron chi connectivity index (χ4n) is 7.38. The second-order valence-corrected chi connectivity index (χ2v) is 16.1. The molecule has 1 amide bonds. The summed E-state index contributed by atoms with van der Waals surface area (Å²) in [5, 5.41) is 75.4. The van der Waals surface area contributed by atoms with Crippen molar-refractivity contribution < 1.29 is 50.0 Å². The molecule has 1 rings (SSSR count). The number of amides is 1. The third kappa shape index (κ3) is 24.0. The minimum absolute atomic E-state index is 0.263. The van der Waals surface area contributed by atoms with Crippen molar-refractivity contribution in [2.45, 2.75) is 255 Å². The number of hydrogen-bond acceptors (Lipinski definition) is 10. The van der Waals surface area contributed by atoms with Crippen LogP contribution in [0.2, 0.25) is 0 Å². The molecule has 8 N–H and O–H groups in total. The van der Waals surface area contributed by atoms with Gasteiger partial charge >= 0.3 is 0 Å². The van der Waals surface area contributed by atoms with Crippen LogP contribution in [-0.2, 0) is 14.3 Å². The largest absolute Gasteiger partial charge is 0.394 e. The Kier molecular flexibility index (Phi) is 32.4. The summed E-state index contributed by atoms with van der Waals surface area (Å²) in [4.78, 5) is 13.0. The van der Waals surface area contributed by atoms with Crippen LogP contribution in [0.5, 0.6) is 0 Å². The molecule has 0 radical (unpaired) electrons. The molecule has 11 nitrogen and oxygen atoms in total. The molecule has 1 aliphatic heterocycles. The second-order valence-electron chi connectivity index (χ2n) is 16.1. The van der Waals surface area contributed by atoms with Gasteiger partial charge in [-0.3, -0.25) is 4.79 Å². The van der Waals surface area contributed by atoms with Crippen LogP contribution in [0.3, 0.4) is 0 Å². The monoisotopic (exact) mass is 776 g/mol. The smallest absolute Gasteiger partial charge is 0.249 e. The summed E-state index contributed by atoms with van der Waals surface area (Å²) in [5.74, 6) is -0.699. The molecule has 54 heavy (non-hydrogen) atoms. The van der Waals surface area contributed by atoms with E-state index in [1.807, 2.05) is 0 Å². The molecule has 0 aromatic carbocycles. The first-order valence-corrected chi connectivity index (χ1v) is 22.4. The van der Waals surface area contributed by atoms with Crippen molar-refractivity contribution in [3.8, 4) is 0 Å². The van der Waals surface area contributed by atoms with Crippen LogP contribution in [-0.4, -0.2) is 110 Å². The first kappa shape index (κ1) is 51.1. The van der Waals surface area contributed by atoms with Gasteiger partial charge in [-0.15, -0.1) is 0 Å². The van der Waals surface area contributed by atoms with Crippen LogP contribution in [0.15, 0.2) is 0 Å². The number of unbranched alkanes of at least 4 members (excludes halogenated alkanes) is 25. The molecule has 0 aromatic rings. The van der Waals surface area contributed by atoms with Crippen LogP contribution < -0.4 is 5.32 Å². The van der Waals surface area contributed by atoms with E-state index in [0.29, 0.717) is 19.3 Å². The zero-order valence-electron chi connectivity index (χ0n) is 34.5. The van der Waals surface area contributed by atoms with Gasteiger partial charge in [0.05, 0.1) is 25.4 Å². The Morgan fingerprint density at radius 2 is 0.963 bits per heavy atom. The zero-order valence-corrected chi connectivity index (χ0v) is 34.5. The number of hydrogen-bond donors (Lipinski definition) is 8. The number of aliphatic hydroxyl groups is 7. The van der Waals surface area contributed by atoms with Crippen molar-refractivity contribution in [3.63, 3.8) is 0 Å². The molecule has 0 bridgehead atoms. The Labute approximate surface area is 329 Å². The number of carbonyl (C=O) groups excluding carboxylic acids is 1. The molecule has 0 saturated carbocycles. The minimum atomic E-state index is -1.65. The van der Waals surface area contributed by atoms with Crippen LogP contribution in [0, 0.1) is 0 Å². The minimum Gasteiger partial charge on any atom is -0.394 e. The summed E-state index contributed by atoms with van der Waals surface area (Å²) < 4.78 is 11.1. The number of ether oxygens (including phenoxy) is 2. The van der Waals surface area contributed by atoms with Crippen molar-refractivity contribution in [2.24, 2.45) is 0 Å². The topological polar surface area (TPSA) is 189 Å². The van der Waals surface area contributed by atoms with E-state index in [-0.39, 0.29) is 6.42 Å². The van der Waals surface area contributed by atoms with Crippen molar-refractivity contribution in [3.05, 3.63) is 0 Å². The first-order valence-electron chi connectivity index (χ1n) is 22.4.